The van der Waals surface area contributed by atoms with E-state index in [0.29, 0.717) is 25.1 Å². The lowest BCUT2D eigenvalue weighted by molar-refractivity contribution is -0.136. The molecule has 2 atom stereocenters. The number of likely N-dealkylation sites (tertiary alicyclic amines) is 2. The van der Waals surface area contributed by atoms with E-state index in [2.05, 4.69) is 15.2 Å². The molecule has 0 saturated carbocycles. The minimum absolute atomic E-state index is 0.0961. The zero-order valence-electron chi connectivity index (χ0n) is 19.7. The van der Waals surface area contributed by atoms with E-state index in [1.165, 1.54) is 14.2 Å². The van der Waals surface area contributed by atoms with Crippen molar-refractivity contribution in [3.8, 4) is 0 Å². The number of ether oxygens (including phenoxy) is 2. The molecule has 2 saturated heterocycles. The van der Waals surface area contributed by atoms with Gasteiger partial charge in [-0.2, -0.15) is 0 Å². The number of esters is 2. The fourth-order valence-electron chi connectivity index (χ4n) is 4.76. The van der Waals surface area contributed by atoms with Gasteiger partial charge in [-0.1, -0.05) is 30.2 Å². The maximum atomic E-state index is 13.6. The first-order valence-electron chi connectivity index (χ1n) is 11.7. The maximum Gasteiger partial charge on any atom is 0.360 e. The normalized spacial score (nSPS) is 21.2. The van der Waals surface area contributed by atoms with Gasteiger partial charge in [0.15, 0.2) is 5.69 Å². The van der Waals surface area contributed by atoms with Crippen LogP contribution in [0.4, 0.5) is 0 Å². The summed E-state index contributed by atoms with van der Waals surface area (Å²) in [5.41, 5.74) is 1.63. The molecule has 34 heavy (non-hydrogen) atoms. The van der Waals surface area contributed by atoms with Gasteiger partial charge in [-0.05, 0) is 37.0 Å². The molecule has 10 heteroatoms. The Balaban J connectivity index is 1.54. The van der Waals surface area contributed by atoms with Crippen LogP contribution < -0.4 is 0 Å². The smallest absolute Gasteiger partial charge is 0.360 e. The summed E-state index contributed by atoms with van der Waals surface area (Å²) in [6.07, 6.45) is 6.54. The van der Waals surface area contributed by atoms with Crippen LogP contribution in [0.25, 0.3) is 0 Å². The Morgan fingerprint density at radius 3 is 2.29 bits per heavy atom. The highest BCUT2D eigenvalue weighted by Crippen LogP contribution is 2.30. The Kier molecular flexibility index (Phi) is 7.56. The summed E-state index contributed by atoms with van der Waals surface area (Å²) in [6.45, 7) is 2.72. The summed E-state index contributed by atoms with van der Waals surface area (Å²) in [7, 11) is 2.66. The first kappa shape index (κ1) is 23.9. The van der Waals surface area contributed by atoms with Crippen LogP contribution in [0.1, 0.15) is 64.6 Å². The zero-order valence-corrected chi connectivity index (χ0v) is 19.7. The molecule has 0 unspecified atom stereocenters. The Bertz CT molecular complexity index is 1010. The lowest BCUT2D eigenvalue weighted by Crippen LogP contribution is -2.45. The van der Waals surface area contributed by atoms with Crippen LogP contribution in [0.2, 0.25) is 0 Å². The molecule has 0 radical (unpaired) electrons. The van der Waals surface area contributed by atoms with Crippen LogP contribution in [-0.2, 0) is 20.8 Å². The Morgan fingerprint density at radius 2 is 1.65 bits per heavy atom. The first-order chi connectivity index (χ1) is 16.5. The van der Waals surface area contributed by atoms with Crippen LogP contribution in [0.3, 0.4) is 0 Å². The van der Waals surface area contributed by atoms with Gasteiger partial charge in [-0.3, -0.25) is 9.69 Å². The van der Waals surface area contributed by atoms with Crippen molar-refractivity contribution in [1.82, 2.24) is 24.8 Å². The maximum absolute atomic E-state index is 13.6. The van der Waals surface area contributed by atoms with Crippen LogP contribution in [0, 0.1) is 0 Å². The van der Waals surface area contributed by atoms with Crippen molar-refractivity contribution in [1.29, 1.82) is 0 Å². The van der Waals surface area contributed by atoms with Crippen LogP contribution in [0.5, 0.6) is 0 Å². The van der Waals surface area contributed by atoms with Gasteiger partial charge in [0, 0.05) is 26.2 Å². The molecule has 1 aromatic heterocycles. The molecule has 2 fully saturated rings. The molecule has 2 aromatic rings. The van der Waals surface area contributed by atoms with E-state index in [9.17, 15) is 14.4 Å². The van der Waals surface area contributed by atoms with Crippen LogP contribution in [0.15, 0.2) is 30.5 Å². The number of hydrogen-bond acceptors (Lipinski definition) is 8. The van der Waals surface area contributed by atoms with Crippen molar-refractivity contribution >= 4 is 17.8 Å². The van der Waals surface area contributed by atoms with Crippen molar-refractivity contribution in [3.05, 3.63) is 47.3 Å². The number of benzene rings is 1. The number of methoxy groups -OCH3 is 2. The van der Waals surface area contributed by atoms with Gasteiger partial charge in [0.2, 0.25) is 5.91 Å². The minimum Gasteiger partial charge on any atom is -0.465 e. The summed E-state index contributed by atoms with van der Waals surface area (Å²) >= 11 is 0. The number of aromatic nitrogens is 3. The molecule has 0 N–H and O–H groups in total. The number of nitrogens with zero attached hydrogens (tertiary/aromatic N) is 5. The summed E-state index contributed by atoms with van der Waals surface area (Å²) in [5.74, 6) is -0.775. The minimum atomic E-state index is -0.538. The average molecular weight is 470 g/mol. The number of rotatable bonds is 6. The van der Waals surface area contributed by atoms with E-state index in [0.717, 1.165) is 44.3 Å². The predicted octanol–water partition coefficient (Wildman–Crippen LogP) is 2.07. The molecule has 1 aromatic carbocycles. The molecule has 2 aliphatic rings. The van der Waals surface area contributed by atoms with Crippen molar-refractivity contribution in [2.75, 3.05) is 33.9 Å². The van der Waals surface area contributed by atoms with Gasteiger partial charge in [0.1, 0.15) is 0 Å². The number of amides is 1. The molecule has 2 aliphatic heterocycles. The molecule has 4 rings (SSSR count). The lowest BCUT2D eigenvalue weighted by atomic mass is 10.1. The van der Waals surface area contributed by atoms with E-state index in [-0.39, 0.29) is 29.7 Å². The quantitative estimate of drug-likeness (QED) is 0.592. The molecular formula is C24H31N5O5. The number of hydrogen-bond donors (Lipinski definition) is 0. The standard InChI is InChI=1S/C24H31N5O5/c1-33-23(31)18-9-7-17(8-10-18)14-28-15-19(29-16-20(25-26-29)24(32)34-2)13-21(28)22(30)27-11-5-3-4-6-12-27/h7-10,16,19,21H,3-6,11-15H2,1-2H3/t19-,21+/m1/s1. The second-order valence-electron chi connectivity index (χ2n) is 8.84. The fourth-order valence-corrected chi connectivity index (χ4v) is 4.76. The number of carbonyl (C=O) groups excluding carboxylic acids is 3. The third kappa shape index (κ3) is 5.27. The van der Waals surface area contributed by atoms with Crippen molar-refractivity contribution in [3.63, 3.8) is 0 Å². The Hall–Kier alpha value is -3.27. The fraction of sp³-hybridized carbons (Fsp3) is 0.542. The Morgan fingerprint density at radius 1 is 0.971 bits per heavy atom. The highest BCUT2D eigenvalue weighted by atomic mass is 16.5. The highest BCUT2D eigenvalue weighted by molar-refractivity contribution is 5.89. The number of carbonyl (C=O) groups is 3. The van der Waals surface area contributed by atoms with E-state index < -0.39 is 5.97 Å². The van der Waals surface area contributed by atoms with Crippen molar-refractivity contribution < 1.29 is 23.9 Å². The SMILES string of the molecule is COC(=O)c1ccc(CN2C[C@H](n3cc(C(=O)OC)nn3)C[C@H]2C(=O)N2CCCCCC2)cc1. The van der Waals surface area contributed by atoms with E-state index in [1.54, 1.807) is 23.0 Å². The molecular weight excluding hydrogens is 438 g/mol. The predicted molar refractivity (Wildman–Crippen MR) is 122 cm³/mol. The van der Waals surface area contributed by atoms with Gasteiger partial charge in [0.25, 0.3) is 0 Å². The van der Waals surface area contributed by atoms with Crippen molar-refractivity contribution in [2.24, 2.45) is 0 Å². The molecule has 0 bridgehead atoms. The molecule has 3 heterocycles. The van der Waals surface area contributed by atoms with Gasteiger partial charge in [-0.15, -0.1) is 5.10 Å². The monoisotopic (exact) mass is 469 g/mol. The molecule has 10 nitrogen and oxygen atoms in total. The summed E-state index contributed by atoms with van der Waals surface area (Å²) in [4.78, 5) is 41.3. The lowest BCUT2D eigenvalue weighted by Gasteiger charge is -2.29. The second kappa shape index (κ2) is 10.8. The molecule has 182 valence electrons. The van der Waals surface area contributed by atoms with Crippen LogP contribution >= 0.6 is 0 Å². The largest absolute Gasteiger partial charge is 0.465 e. The summed E-state index contributed by atoms with van der Waals surface area (Å²) < 4.78 is 11.2. The van der Waals surface area contributed by atoms with Crippen molar-refractivity contribution in [2.45, 2.75) is 50.7 Å². The van der Waals surface area contributed by atoms with E-state index in [1.807, 2.05) is 17.0 Å². The van der Waals surface area contributed by atoms with Crippen LogP contribution in [-0.4, -0.2) is 82.5 Å². The summed E-state index contributed by atoms with van der Waals surface area (Å²) in [6, 6.07) is 6.85. The Labute approximate surface area is 198 Å². The van der Waals surface area contributed by atoms with Gasteiger partial charge >= 0.3 is 11.9 Å². The topological polar surface area (TPSA) is 107 Å². The molecule has 1 amide bonds. The third-order valence-corrected chi connectivity index (χ3v) is 6.62. The van der Waals surface area contributed by atoms with E-state index in [4.69, 9.17) is 9.47 Å². The molecule has 0 spiro atoms. The highest BCUT2D eigenvalue weighted by Gasteiger charge is 2.40. The van der Waals surface area contributed by atoms with Gasteiger partial charge < -0.3 is 14.4 Å². The second-order valence-corrected chi connectivity index (χ2v) is 8.84. The molecule has 0 aliphatic carbocycles. The van der Waals surface area contributed by atoms with E-state index >= 15 is 0 Å². The zero-order chi connectivity index (χ0) is 24.1. The average Bonchev–Trinajstić information content (AvgIpc) is 3.43. The van der Waals surface area contributed by atoms with Gasteiger partial charge in [0.05, 0.1) is 38.1 Å². The summed E-state index contributed by atoms with van der Waals surface area (Å²) in [5, 5.41) is 8.06. The first-order valence-corrected chi connectivity index (χ1v) is 11.7. The van der Waals surface area contributed by atoms with Gasteiger partial charge in [-0.25, -0.2) is 14.3 Å². The third-order valence-electron chi connectivity index (χ3n) is 6.62.